The van der Waals surface area contributed by atoms with Crippen LogP contribution in [0.5, 0.6) is 0 Å². The molecule has 2 amide bonds. The molecule has 7 nitrogen and oxygen atoms in total. The molecule has 0 saturated carbocycles. The summed E-state index contributed by atoms with van der Waals surface area (Å²) in [6.45, 7) is 3.63. The largest absolute Gasteiger partial charge is 0.381 e. The maximum absolute atomic E-state index is 12.2. The number of rotatable bonds is 7. The Balaban J connectivity index is 1.59. The van der Waals surface area contributed by atoms with E-state index in [1.807, 2.05) is 37.3 Å². The van der Waals surface area contributed by atoms with Crippen molar-refractivity contribution in [2.75, 3.05) is 23.8 Å². The summed E-state index contributed by atoms with van der Waals surface area (Å²) in [5, 5.41) is 8.91. The predicted octanol–water partition coefficient (Wildman–Crippen LogP) is 2.56. The molecular weight excluding hydrogens is 344 g/mol. The Morgan fingerprint density at radius 3 is 2.89 bits per heavy atom. The zero-order chi connectivity index (χ0) is 19.1. The Bertz CT molecular complexity index is 803. The fraction of sp³-hybridized carbons (Fsp3) is 0.350. The molecule has 1 unspecified atom stereocenters. The highest BCUT2D eigenvalue weighted by molar-refractivity contribution is 5.94. The van der Waals surface area contributed by atoms with Crippen LogP contribution in [0.15, 0.2) is 42.6 Å². The van der Waals surface area contributed by atoms with Gasteiger partial charge in [-0.05, 0) is 49.6 Å². The molecular formula is C20H24N4O3. The number of aromatic nitrogens is 1. The Labute approximate surface area is 158 Å². The monoisotopic (exact) mass is 368 g/mol. The minimum atomic E-state index is -0.351. The highest BCUT2D eigenvalue weighted by Crippen LogP contribution is 2.17. The summed E-state index contributed by atoms with van der Waals surface area (Å²) in [7, 11) is 0. The fourth-order valence-corrected chi connectivity index (χ4v) is 2.89. The lowest BCUT2D eigenvalue weighted by Gasteiger charge is -2.12. The summed E-state index contributed by atoms with van der Waals surface area (Å²) in [4.78, 5) is 28.1. The molecule has 0 radical (unpaired) electrons. The molecule has 7 heteroatoms. The van der Waals surface area contributed by atoms with Gasteiger partial charge in [0.2, 0.25) is 0 Å². The zero-order valence-electron chi connectivity index (χ0n) is 15.3. The average Bonchev–Trinajstić information content (AvgIpc) is 3.22. The van der Waals surface area contributed by atoms with E-state index in [2.05, 4.69) is 20.9 Å². The van der Waals surface area contributed by atoms with Crippen molar-refractivity contribution in [2.24, 2.45) is 0 Å². The number of benzene rings is 1. The van der Waals surface area contributed by atoms with Gasteiger partial charge in [0.05, 0.1) is 0 Å². The first-order chi connectivity index (χ1) is 13.2. The van der Waals surface area contributed by atoms with Crippen LogP contribution in [0.3, 0.4) is 0 Å². The first kappa shape index (κ1) is 18.8. The summed E-state index contributed by atoms with van der Waals surface area (Å²) in [5.41, 5.74) is 2.93. The van der Waals surface area contributed by atoms with Gasteiger partial charge in [-0.2, -0.15) is 0 Å². The quantitative estimate of drug-likeness (QED) is 0.698. The van der Waals surface area contributed by atoms with Gasteiger partial charge >= 0.3 is 0 Å². The summed E-state index contributed by atoms with van der Waals surface area (Å²) in [6, 6.07) is 11.2. The number of carbonyl (C=O) groups is 2. The van der Waals surface area contributed by atoms with Crippen LogP contribution in [0.1, 0.15) is 35.8 Å². The number of nitrogens with zero attached hydrogens (tertiary/aromatic N) is 1. The van der Waals surface area contributed by atoms with Crippen LogP contribution >= 0.6 is 0 Å². The summed E-state index contributed by atoms with van der Waals surface area (Å²) < 4.78 is 5.41. The van der Waals surface area contributed by atoms with Gasteiger partial charge in [0.1, 0.15) is 11.8 Å². The van der Waals surface area contributed by atoms with Crippen molar-refractivity contribution >= 4 is 23.2 Å². The molecule has 0 spiro atoms. The summed E-state index contributed by atoms with van der Waals surface area (Å²) in [5.74, 6) is -0.293. The number of nitrogens with one attached hydrogen (secondary N) is 3. The van der Waals surface area contributed by atoms with Gasteiger partial charge in [-0.3, -0.25) is 14.6 Å². The van der Waals surface area contributed by atoms with Crippen LogP contribution in [0.2, 0.25) is 0 Å². The van der Waals surface area contributed by atoms with Crippen LogP contribution in [-0.4, -0.2) is 36.1 Å². The molecule has 0 aliphatic carbocycles. The number of ether oxygens (including phenoxy) is 1. The lowest BCUT2D eigenvalue weighted by atomic mass is 10.1. The Hall–Kier alpha value is -2.93. The fourth-order valence-electron chi connectivity index (χ4n) is 2.89. The van der Waals surface area contributed by atoms with E-state index >= 15 is 0 Å². The molecule has 3 rings (SSSR count). The Morgan fingerprint density at radius 2 is 2.11 bits per heavy atom. The van der Waals surface area contributed by atoms with Gasteiger partial charge in [-0.15, -0.1) is 0 Å². The summed E-state index contributed by atoms with van der Waals surface area (Å²) in [6.07, 6.45) is 2.94. The first-order valence-electron chi connectivity index (χ1n) is 9.15. The molecule has 27 heavy (non-hydrogen) atoms. The van der Waals surface area contributed by atoms with Crippen LogP contribution < -0.4 is 16.0 Å². The molecule has 3 N–H and O–H groups in total. The summed E-state index contributed by atoms with van der Waals surface area (Å²) >= 11 is 0. The predicted molar refractivity (Wildman–Crippen MR) is 104 cm³/mol. The molecule has 1 atom stereocenters. The van der Waals surface area contributed by atoms with E-state index in [1.165, 1.54) is 0 Å². The molecule has 1 aliphatic heterocycles. The highest BCUT2D eigenvalue weighted by atomic mass is 16.5. The molecule has 1 aromatic carbocycles. The van der Waals surface area contributed by atoms with Crippen LogP contribution in [0.25, 0.3) is 0 Å². The third-order valence-electron chi connectivity index (χ3n) is 4.24. The molecule has 1 fully saturated rings. The van der Waals surface area contributed by atoms with E-state index < -0.39 is 0 Å². The first-order valence-corrected chi connectivity index (χ1v) is 9.15. The van der Waals surface area contributed by atoms with Crippen LogP contribution in [-0.2, 0) is 16.1 Å². The molecule has 1 saturated heterocycles. The maximum atomic E-state index is 12.2. The van der Waals surface area contributed by atoms with Gasteiger partial charge in [-0.25, -0.2) is 0 Å². The molecule has 1 aromatic heterocycles. The second kappa shape index (κ2) is 9.14. The van der Waals surface area contributed by atoms with Crippen molar-refractivity contribution in [2.45, 2.75) is 32.4 Å². The van der Waals surface area contributed by atoms with E-state index in [4.69, 9.17) is 4.74 Å². The topological polar surface area (TPSA) is 92.4 Å². The normalized spacial score (nSPS) is 16.0. The number of pyridine rings is 1. The van der Waals surface area contributed by atoms with Crippen molar-refractivity contribution in [3.05, 3.63) is 53.9 Å². The SMILES string of the molecule is CCNC(=O)c1cc(NCc2cccc(NC(=O)C3CCCO3)c2)ccn1. The molecule has 1 aliphatic rings. The van der Waals surface area contributed by atoms with Crippen molar-refractivity contribution < 1.29 is 14.3 Å². The molecule has 2 heterocycles. The number of amides is 2. The maximum Gasteiger partial charge on any atom is 0.269 e. The van der Waals surface area contributed by atoms with E-state index in [0.29, 0.717) is 25.4 Å². The van der Waals surface area contributed by atoms with E-state index in [9.17, 15) is 9.59 Å². The Kier molecular flexibility index (Phi) is 6.38. The minimum Gasteiger partial charge on any atom is -0.381 e. The van der Waals surface area contributed by atoms with Crippen LogP contribution in [0.4, 0.5) is 11.4 Å². The van der Waals surface area contributed by atoms with Gasteiger partial charge in [-0.1, -0.05) is 12.1 Å². The van der Waals surface area contributed by atoms with Gasteiger partial charge in [0.15, 0.2) is 0 Å². The number of hydrogen-bond donors (Lipinski definition) is 3. The average molecular weight is 368 g/mol. The smallest absolute Gasteiger partial charge is 0.269 e. The van der Waals surface area contributed by atoms with Crippen molar-refractivity contribution in [3.8, 4) is 0 Å². The third-order valence-corrected chi connectivity index (χ3v) is 4.24. The van der Waals surface area contributed by atoms with Crippen molar-refractivity contribution in [3.63, 3.8) is 0 Å². The minimum absolute atomic E-state index is 0.0988. The standard InChI is InChI=1S/C20H24N4O3/c1-2-21-19(25)17-12-15(8-9-22-17)23-13-14-5-3-6-16(11-14)24-20(26)18-7-4-10-27-18/h3,5-6,8-9,11-12,18H,2,4,7,10,13H2,1H3,(H,21,25)(H,22,23)(H,24,26). The lowest BCUT2D eigenvalue weighted by molar-refractivity contribution is -0.124. The Morgan fingerprint density at radius 1 is 1.22 bits per heavy atom. The third kappa shape index (κ3) is 5.27. The van der Waals surface area contributed by atoms with Gasteiger partial charge < -0.3 is 20.7 Å². The van der Waals surface area contributed by atoms with Crippen molar-refractivity contribution in [1.82, 2.24) is 10.3 Å². The second-order valence-electron chi connectivity index (χ2n) is 6.33. The van der Waals surface area contributed by atoms with Gasteiger partial charge in [0, 0.05) is 37.3 Å². The van der Waals surface area contributed by atoms with Crippen molar-refractivity contribution in [1.29, 1.82) is 0 Å². The molecule has 2 aromatic rings. The van der Waals surface area contributed by atoms with Gasteiger partial charge in [0.25, 0.3) is 11.8 Å². The van der Waals surface area contributed by atoms with E-state index in [0.717, 1.165) is 29.8 Å². The number of carbonyl (C=O) groups excluding carboxylic acids is 2. The van der Waals surface area contributed by atoms with Crippen LogP contribution in [0, 0.1) is 0 Å². The molecule has 0 bridgehead atoms. The van der Waals surface area contributed by atoms with E-state index in [1.54, 1.807) is 12.3 Å². The zero-order valence-corrected chi connectivity index (χ0v) is 15.3. The molecule has 142 valence electrons. The highest BCUT2D eigenvalue weighted by Gasteiger charge is 2.23. The second-order valence-corrected chi connectivity index (χ2v) is 6.33. The number of anilines is 2. The lowest BCUT2D eigenvalue weighted by Crippen LogP contribution is -2.26. The number of hydrogen-bond acceptors (Lipinski definition) is 5. The van der Waals surface area contributed by atoms with E-state index in [-0.39, 0.29) is 17.9 Å².